The van der Waals surface area contributed by atoms with E-state index >= 15 is 0 Å². The molecule has 2 aromatic rings. The fourth-order valence-electron chi connectivity index (χ4n) is 1.39. The second-order valence-electron chi connectivity index (χ2n) is 3.11. The predicted octanol–water partition coefficient (Wildman–Crippen LogP) is 2.25. The summed E-state index contributed by atoms with van der Waals surface area (Å²) in [5.41, 5.74) is 1.25. The van der Waals surface area contributed by atoms with Gasteiger partial charge in [-0.1, -0.05) is 23.7 Å². The number of amides is 1. The van der Waals surface area contributed by atoms with Gasteiger partial charge in [0.15, 0.2) is 0 Å². The zero-order chi connectivity index (χ0) is 10.8. The Hall–Kier alpha value is -1.61. The van der Waals surface area contributed by atoms with Crippen LogP contribution in [0.4, 0.5) is 0 Å². The van der Waals surface area contributed by atoms with Crippen LogP contribution < -0.4 is 5.32 Å². The van der Waals surface area contributed by atoms with E-state index in [0.29, 0.717) is 16.1 Å². The normalized spacial score (nSPS) is 10.3. The van der Waals surface area contributed by atoms with Gasteiger partial charge in [0.25, 0.3) is 5.91 Å². The summed E-state index contributed by atoms with van der Waals surface area (Å²) in [5, 5.41) is 4.01. The van der Waals surface area contributed by atoms with Gasteiger partial charge in [-0.3, -0.25) is 9.78 Å². The molecule has 4 heteroatoms. The summed E-state index contributed by atoms with van der Waals surface area (Å²) in [5.74, 6) is -0.149. The molecule has 0 spiro atoms. The Balaban J connectivity index is 2.62. The van der Waals surface area contributed by atoms with Gasteiger partial charge in [0, 0.05) is 18.6 Å². The molecule has 1 N–H and O–H groups in total. The molecule has 0 aliphatic heterocycles. The molecule has 15 heavy (non-hydrogen) atoms. The second-order valence-corrected chi connectivity index (χ2v) is 3.52. The molecule has 0 saturated carbocycles. The molecule has 0 radical (unpaired) electrons. The van der Waals surface area contributed by atoms with Gasteiger partial charge in [-0.05, 0) is 12.1 Å². The van der Waals surface area contributed by atoms with Crippen LogP contribution in [0.25, 0.3) is 10.9 Å². The third-order valence-corrected chi connectivity index (χ3v) is 2.46. The van der Waals surface area contributed by atoms with Crippen LogP contribution in [0.2, 0.25) is 5.02 Å². The molecule has 0 fully saturated rings. The number of pyridine rings is 1. The molecule has 0 aliphatic carbocycles. The molecule has 1 aromatic carbocycles. The van der Waals surface area contributed by atoms with Crippen molar-refractivity contribution in [3.63, 3.8) is 0 Å². The maximum atomic E-state index is 11.4. The highest BCUT2D eigenvalue weighted by Crippen LogP contribution is 2.21. The number of nitrogens with one attached hydrogen (secondary N) is 1. The summed E-state index contributed by atoms with van der Waals surface area (Å²) in [6.07, 6.45) is 1.52. The van der Waals surface area contributed by atoms with Gasteiger partial charge >= 0.3 is 0 Å². The number of benzene rings is 1. The Kier molecular flexibility index (Phi) is 2.56. The highest BCUT2D eigenvalue weighted by molar-refractivity contribution is 6.35. The topological polar surface area (TPSA) is 42.0 Å². The number of carbonyl (C=O) groups is 1. The van der Waals surface area contributed by atoms with Crippen LogP contribution in [0, 0.1) is 0 Å². The monoisotopic (exact) mass is 220 g/mol. The molecule has 0 atom stereocenters. The van der Waals surface area contributed by atoms with Crippen molar-refractivity contribution in [2.45, 2.75) is 0 Å². The molecule has 3 nitrogen and oxygen atoms in total. The van der Waals surface area contributed by atoms with Crippen molar-refractivity contribution in [1.82, 2.24) is 10.3 Å². The molecular formula is C11H9ClN2O. The maximum absolute atomic E-state index is 11.4. The Morgan fingerprint density at radius 1 is 1.47 bits per heavy atom. The average Bonchev–Trinajstić information content (AvgIpc) is 2.28. The second kappa shape index (κ2) is 3.87. The van der Waals surface area contributed by atoms with E-state index < -0.39 is 0 Å². The Morgan fingerprint density at radius 2 is 2.27 bits per heavy atom. The minimum atomic E-state index is -0.149. The van der Waals surface area contributed by atoms with E-state index in [1.165, 1.54) is 6.20 Å². The van der Waals surface area contributed by atoms with Crippen LogP contribution >= 0.6 is 11.6 Å². The molecule has 0 unspecified atom stereocenters. The van der Waals surface area contributed by atoms with Crippen LogP contribution in [0.5, 0.6) is 0 Å². The first-order valence-corrected chi connectivity index (χ1v) is 4.86. The number of halogens is 1. The average molecular weight is 221 g/mol. The van der Waals surface area contributed by atoms with E-state index in [2.05, 4.69) is 10.3 Å². The number of fused-ring (bicyclic) bond motifs is 1. The summed E-state index contributed by atoms with van der Waals surface area (Å²) >= 11 is 5.96. The molecule has 1 aromatic heterocycles. The Morgan fingerprint density at radius 3 is 3.00 bits per heavy atom. The number of nitrogens with zero attached hydrogens (tertiary/aromatic N) is 1. The van der Waals surface area contributed by atoms with Gasteiger partial charge < -0.3 is 5.32 Å². The van der Waals surface area contributed by atoms with Crippen molar-refractivity contribution >= 4 is 28.4 Å². The van der Waals surface area contributed by atoms with Gasteiger partial charge in [-0.15, -0.1) is 0 Å². The molecule has 0 saturated heterocycles. The van der Waals surface area contributed by atoms with E-state index in [4.69, 9.17) is 11.6 Å². The van der Waals surface area contributed by atoms with Crippen molar-refractivity contribution < 1.29 is 4.79 Å². The number of hydrogen-bond donors (Lipinski definition) is 1. The summed E-state index contributed by atoms with van der Waals surface area (Å²) < 4.78 is 0. The minimum Gasteiger partial charge on any atom is -0.355 e. The smallest absolute Gasteiger partial charge is 0.252 e. The van der Waals surface area contributed by atoms with Crippen LogP contribution in [-0.2, 0) is 0 Å². The largest absolute Gasteiger partial charge is 0.355 e. The molecule has 2 rings (SSSR count). The summed E-state index contributed by atoms with van der Waals surface area (Å²) in [4.78, 5) is 15.5. The Labute approximate surface area is 92.1 Å². The van der Waals surface area contributed by atoms with Gasteiger partial charge in [-0.25, -0.2) is 0 Å². The van der Waals surface area contributed by atoms with Gasteiger partial charge in [0.2, 0.25) is 0 Å². The third-order valence-electron chi connectivity index (χ3n) is 2.15. The molecule has 1 heterocycles. The van der Waals surface area contributed by atoms with Gasteiger partial charge in [-0.2, -0.15) is 0 Å². The fraction of sp³-hybridized carbons (Fsp3) is 0.0909. The first-order valence-electron chi connectivity index (χ1n) is 4.48. The first kappa shape index (κ1) is 9.93. The number of para-hydroxylation sites is 1. The van der Waals surface area contributed by atoms with Crippen molar-refractivity contribution in [1.29, 1.82) is 0 Å². The van der Waals surface area contributed by atoms with E-state index in [-0.39, 0.29) is 5.91 Å². The maximum Gasteiger partial charge on any atom is 0.252 e. The zero-order valence-corrected chi connectivity index (χ0v) is 8.88. The standard InChI is InChI=1S/C11H9ClN2O/c1-13-11(15)8-5-7-3-2-4-9(12)10(7)14-6-8/h2-6H,1H3,(H,13,15). The lowest BCUT2D eigenvalue weighted by Crippen LogP contribution is -2.17. The van der Waals surface area contributed by atoms with E-state index in [0.717, 1.165) is 5.39 Å². The quantitative estimate of drug-likeness (QED) is 0.801. The number of carbonyl (C=O) groups excluding carboxylic acids is 1. The van der Waals surface area contributed by atoms with Crippen LogP contribution in [0.3, 0.4) is 0 Å². The number of aromatic nitrogens is 1. The number of hydrogen-bond acceptors (Lipinski definition) is 2. The third kappa shape index (κ3) is 1.78. The van der Waals surface area contributed by atoms with Gasteiger partial charge in [0.1, 0.15) is 0 Å². The van der Waals surface area contributed by atoms with Crippen LogP contribution in [0.1, 0.15) is 10.4 Å². The summed E-state index contributed by atoms with van der Waals surface area (Å²) in [7, 11) is 1.59. The van der Waals surface area contributed by atoms with E-state index in [1.54, 1.807) is 19.2 Å². The van der Waals surface area contributed by atoms with Crippen molar-refractivity contribution in [3.05, 3.63) is 41.0 Å². The molecule has 0 bridgehead atoms. The lowest BCUT2D eigenvalue weighted by molar-refractivity contribution is 0.0963. The van der Waals surface area contributed by atoms with Crippen molar-refractivity contribution in [3.8, 4) is 0 Å². The van der Waals surface area contributed by atoms with Crippen molar-refractivity contribution in [2.75, 3.05) is 7.05 Å². The lowest BCUT2D eigenvalue weighted by Gasteiger charge is -2.02. The molecule has 1 amide bonds. The summed E-state index contributed by atoms with van der Waals surface area (Å²) in [6, 6.07) is 7.25. The SMILES string of the molecule is CNC(=O)c1cnc2c(Cl)cccc2c1. The van der Waals surface area contributed by atoms with E-state index in [1.807, 2.05) is 12.1 Å². The van der Waals surface area contributed by atoms with Gasteiger partial charge in [0.05, 0.1) is 16.1 Å². The zero-order valence-electron chi connectivity index (χ0n) is 8.12. The molecule has 76 valence electrons. The summed E-state index contributed by atoms with van der Waals surface area (Å²) in [6.45, 7) is 0. The van der Waals surface area contributed by atoms with Crippen LogP contribution in [0.15, 0.2) is 30.5 Å². The lowest BCUT2D eigenvalue weighted by atomic mass is 10.1. The van der Waals surface area contributed by atoms with Crippen LogP contribution in [-0.4, -0.2) is 17.9 Å². The highest BCUT2D eigenvalue weighted by atomic mass is 35.5. The van der Waals surface area contributed by atoms with Crippen molar-refractivity contribution in [2.24, 2.45) is 0 Å². The fourth-order valence-corrected chi connectivity index (χ4v) is 1.62. The first-order chi connectivity index (χ1) is 7.22. The Bertz CT molecular complexity index is 525. The number of rotatable bonds is 1. The van der Waals surface area contributed by atoms with E-state index in [9.17, 15) is 4.79 Å². The molecule has 0 aliphatic rings. The molecular weight excluding hydrogens is 212 g/mol. The highest BCUT2D eigenvalue weighted by Gasteiger charge is 2.06. The predicted molar refractivity (Wildman–Crippen MR) is 60.1 cm³/mol. The minimum absolute atomic E-state index is 0.149.